The molecule has 1 rings (SSSR count). The molecule has 0 spiro atoms. The van der Waals surface area contributed by atoms with Crippen LogP contribution >= 0.6 is 0 Å². The summed E-state index contributed by atoms with van der Waals surface area (Å²) in [6.45, 7) is 17.9. The maximum absolute atomic E-state index is 5.42. The average molecular weight is 437 g/mol. The van der Waals surface area contributed by atoms with E-state index in [1.807, 2.05) is 0 Å². The van der Waals surface area contributed by atoms with Gasteiger partial charge in [-0.1, -0.05) is 20.3 Å². The van der Waals surface area contributed by atoms with E-state index in [0.29, 0.717) is 78.6 Å². The van der Waals surface area contributed by atoms with Crippen molar-refractivity contribution in [1.82, 2.24) is 0 Å². The minimum absolute atomic E-state index is 0. The first-order valence-electron chi connectivity index (χ1n) is 8.83. The molecule has 0 aromatic rings. The van der Waals surface area contributed by atoms with Crippen molar-refractivity contribution in [2.75, 3.05) is 72.7 Å². The first-order valence-corrected chi connectivity index (χ1v) is 8.83. The molecule has 1 aliphatic rings. The molecule has 0 aromatic heterocycles. The first kappa shape index (κ1) is 28.1. The molecule has 1 heterocycles. The predicted octanol–water partition coefficient (Wildman–Crippen LogP) is 2.17. The fraction of sp³-hybridized carbons (Fsp3) is 0.889. The van der Waals surface area contributed by atoms with E-state index in [1.54, 1.807) is 0 Å². The number of hydrogen-bond donors (Lipinski definition) is 0. The molecule has 0 N–H and O–H groups in total. The van der Waals surface area contributed by atoms with Gasteiger partial charge in [-0.2, -0.15) is 5.92 Å². The van der Waals surface area contributed by atoms with E-state index >= 15 is 0 Å². The Hall–Kier alpha value is 0.864. The molecule has 1 radical (unpaired) electrons. The molecule has 0 saturated carbocycles. The van der Waals surface area contributed by atoms with Gasteiger partial charge in [0.25, 0.3) is 0 Å². The molecule has 0 bridgehead atoms. The van der Waals surface area contributed by atoms with E-state index < -0.39 is 0 Å². The molecule has 0 aromatic carbocycles. The van der Waals surface area contributed by atoms with E-state index in [9.17, 15) is 0 Å². The zero-order valence-corrected chi connectivity index (χ0v) is 18.9. The van der Waals surface area contributed by atoms with Gasteiger partial charge in [-0.25, -0.2) is 0 Å². The van der Waals surface area contributed by atoms with Crippen molar-refractivity contribution in [3.8, 4) is 0 Å². The number of rotatable bonds is 1. The molecule has 1 fully saturated rings. The monoisotopic (exact) mass is 437 g/mol. The number of ether oxygens (including phenoxy) is 6. The van der Waals surface area contributed by atoms with E-state index in [2.05, 4.69) is 27.7 Å². The summed E-state index contributed by atoms with van der Waals surface area (Å²) in [7, 11) is 0. The van der Waals surface area contributed by atoms with Gasteiger partial charge in [-0.15, -0.1) is 0 Å². The summed E-state index contributed by atoms with van der Waals surface area (Å²) in [6, 6.07) is 0. The third-order valence-electron chi connectivity index (χ3n) is 3.07. The van der Waals surface area contributed by atoms with Gasteiger partial charge < -0.3 is 42.3 Å². The predicted molar refractivity (Wildman–Crippen MR) is 94.0 cm³/mol. The van der Waals surface area contributed by atoms with Crippen LogP contribution in [0.2, 0.25) is 0 Å². The minimum Gasteiger partial charge on any atom is -0.406 e. The van der Waals surface area contributed by atoms with E-state index in [0.717, 1.165) is 0 Å². The topological polar surface area (TPSA) is 55.4 Å². The zero-order chi connectivity index (χ0) is 17.9. The standard InChI is InChI=1S/C13H25O6.C5H11.Y/c1-13-12-18-9-8-16-5-4-14-2-3-15-6-7-17-10-11-19-13;1-4-5(2)3;/h13H,1-12H2;5H,2,4H2,1,3H3;/q2*-1;. The van der Waals surface area contributed by atoms with Crippen molar-refractivity contribution in [2.24, 2.45) is 5.92 Å². The Bertz CT molecular complexity index is 226. The second-order valence-electron chi connectivity index (χ2n) is 5.53. The molecule has 7 heteroatoms. The van der Waals surface area contributed by atoms with Crippen molar-refractivity contribution >= 4 is 0 Å². The Morgan fingerprint density at radius 1 is 0.760 bits per heavy atom. The van der Waals surface area contributed by atoms with Crippen LogP contribution in [-0.2, 0) is 61.1 Å². The van der Waals surface area contributed by atoms with Gasteiger partial charge in [0.05, 0.1) is 66.1 Å². The van der Waals surface area contributed by atoms with Gasteiger partial charge in [0.1, 0.15) is 0 Å². The third kappa shape index (κ3) is 24.9. The van der Waals surface area contributed by atoms with E-state index in [1.165, 1.54) is 6.42 Å². The summed E-state index contributed by atoms with van der Waals surface area (Å²) in [5.74, 6) is 0.634. The summed E-state index contributed by atoms with van der Waals surface area (Å²) in [5, 5.41) is 0. The average Bonchev–Trinajstić information content (AvgIpc) is 2.57. The van der Waals surface area contributed by atoms with E-state index in [4.69, 9.17) is 28.4 Å². The van der Waals surface area contributed by atoms with Crippen LogP contribution in [0.3, 0.4) is 0 Å². The number of hydrogen-bond acceptors (Lipinski definition) is 6. The Morgan fingerprint density at radius 2 is 1.08 bits per heavy atom. The molecule has 25 heavy (non-hydrogen) atoms. The second-order valence-corrected chi connectivity index (χ2v) is 5.53. The van der Waals surface area contributed by atoms with Gasteiger partial charge in [-0.3, -0.25) is 0 Å². The van der Waals surface area contributed by atoms with Gasteiger partial charge in [0.15, 0.2) is 0 Å². The van der Waals surface area contributed by atoms with Crippen LogP contribution in [0.15, 0.2) is 0 Å². The fourth-order valence-corrected chi connectivity index (χ4v) is 1.42. The fourth-order valence-electron chi connectivity index (χ4n) is 1.42. The van der Waals surface area contributed by atoms with Crippen molar-refractivity contribution in [3.63, 3.8) is 0 Å². The molecule has 0 amide bonds. The summed E-state index contributed by atoms with van der Waals surface area (Å²) in [5.41, 5.74) is 0. The van der Waals surface area contributed by atoms with Gasteiger partial charge >= 0.3 is 0 Å². The maximum atomic E-state index is 5.42. The molecule has 0 aliphatic carbocycles. The van der Waals surface area contributed by atoms with Crippen LogP contribution in [-0.4, -0.2) is 78.8 Å². The summed E-state index contributed by atoms with van der Waals surface area (Å²) in [6.07, 6.45) is 1.02. The van der Waals surface area contributed by atoms with Crippen LogP contribution in [0.25, 0.3) is 0 Å². The first-order chi connectivity index (χ1) is 11.7. The van der Waals surface area contributed by atoms with Gasteiger partial charge in [-0.05, 0) is 6.10 Å². The second kappa shape index (κ2) is 22.9. The normalized spacial score (nSPS) is 23.8. The van der Waals surface area contributed by atoms with Crippen molar-refractivity contribution < 1.29 is 61.1 Å². The molecule has 149 valence electrons. The molecule has 2 atom stereocenters. The Kier molecular flexibility index (Phi) is 25.7. The summed E-state index contributed by atoms with van der Waals surface area (Å²) in [4.78, 5) is 0. The van der Waals surface area contributed by atoms with Crippen LogP contribution in [0.1, 0.15) is 20.3 Å². The van der Waals surface area contributed by atoms with Crippen LogP contribution in [0.5, 0.6) is 0 Å². The molecule has 6 nitrogen and oxygen atoms in total. The molecule has 1 saturated heterocycles. The molecular formula is C18H36O6Y-2. The molecule has 2 unspecified atom stereocenters. The SMILES string of the molecule is [CH2-]C(C)CC.[CH2-]C1COCCOCCOCCOCCOCCO1.[Y]. The largest absolute Gasteiger partial charge is 0.406 e. The Labute approximate surface area is 179 Å². The Morgan fingerprint density at radius 3 is 1.44 bits per heavy atom. The van der Waals surface area contributed by atoms with Crippen LogP contribution < -0.4 is 0 Å². The van der Waals surface area contributed by atoms with Gasteiger partial charge in [0.2, 0.25) is 0 Å². The van der Waals surface area contributed by atoms with Crippen LogP contribution in [0.4, 0.5) is 0 Å². The van der Waals surface area contributed by atoms with Crippen LogP contribution in [0, 0.1) is 19.8 Å². The Balaban J connectivity index is 0. The van der Waals surface area contributed by atoms with Crippen molar-refractivity contribution in [3.05, 3.63) is 13.8 Å². The zero-order valence-electron chi connectivity index (χ0n) is 16.1. The molecule has 1 aliphatic heterocycles. The van der Waals surface area contributed by atoms with Crippen molar-refractivity contribution in [1.29, 1.82) is 0 Å². The third-order valence-corrected chi connectivity index (χ3v) is 3.07. The molecular weight excluding hydrogens is 401 g/mol. The summed E-state index contributed by atoms with van der Waals surface area (Å²) < 4.78 is 32.2. The van der Waals surface area contributed by atoms with E-state index in [-0.39, 0.29) is 38.8 Å². The maximum Gasteiger partial charge on any atom is 0.0701 e. The quantitative estimate of drug-likeness (QED) is 0.587. The summed E-state index contributed by atoms with van der Waals surface area (Å²) >= 11 is 0. The van der Waals surface area contributed by atoms with Crippen molar-refractivity contribution in [2.45, 2.75) is 26.4 Å². The van der Waals surface area contributed by atoms with Gasteiger partial charge in [0, 0.05) is 39.3 Å². The minimum atomic E-state index is -0.179. The smallest absolute Gasteiger partial charge is 0.0701 e.